The van der Waals surface area contributed by atoms with E-state index in [0.29, 0.717) is 29.8 Å². The van der Waals surface area contributed by atoms with Gasteiger partial charge in [-0.15, -0.1) is 0 Å². The molecule has 1 aliphatic rings. The topological polar surface area (TPSA) is 82.0 Å². The van der Waals surface area contributed by atoms with Gasteiger partial charge in [-0.2, -0.15) is 5.26 Å². The number of hydrogen-bond donors (Lipinski definition) is 2. The summed E-state index contributed by atoms with van der Waals surface area (Å²) in [7, 11) is 0. The van der Waals surface area contributed by atoms with Crippen molar-refractivity contribution >= 4 is 23.2 Å². The van der Waals surface area contributed by atoms with E-state index in [1.807, 2.05) is 31.2 Å². The normalized spacial score (nSPS) is 14.3. The van der Waals surface area contributed by atoms with Crippen LogP contribution in [0.25, 0.3) is 0 Å². The minimum atomic E-state index is -1.00. The standard InChI is InChI=1S/C19H17N3O2/c1-13-3-2-4-16(11-13)22-18(24)19(9-10-19)17(23)21-15-7-5-14(12-20)6-8-15/h2-8,11H,9-10H2,1H3,(H,21,23)(H,22,24). The van der Waals surface area contributed by atoms with Crippen LogP contribution in [0.1, 0.15) is 24.0 Å². The van der Waals surface area contributed by atoms with Crippen molar-refractivity contribution in [2.24, 2.45) is 5.41 Å². The Morgan fingerprint density at radius 2 is 1.62 bits per heavy atom. The fourth-order valence-electron chi connectivity index (χ4n) is 2.53. The van der Waals surface area contributed by atoms with E-state index >= 15 is 0 Å². The Bertz CT molecular complexity index is 830. The molecule has 5 nitrogen and oxygen atoms in total. The fraction of sp³-hybridized carbons (Fsp3) is 0.211. The summed E-state index contributed by atoms with van der Waals surface area (Å²) < 4.78 is 0. The van der Waals surface area contributed by atoms with Crippen molar-refractivity contribution in [2.45, 2.75) is 19.8 Å². The molecule has 0 saturated heterocycles. The first-order chi connectivity index (χ1) is 11.5. The number of rotatable bonds is 4. The van der Waals surface area contributed by atoms with Gasteiger partial charge in [0, 0.05) is 11.4 Å². The first-order valence-corrected chi connectivity index (χ1v) is 7.73. The SMILES string of the molecule is Cc1cccc(NC(=O)C2(C(=O)Nc3ccc(C#N)cc3)CC2)c1. The summed E-state index contributed by atoms with van der Waals surface area (Å²) in [6.45, 7) is 1.94. The van der Waals surface area contributed by atoms with Gasteiger partial charge in [0.25, 0.3) is 0 Å². The van der Waals surface area contributed by atoms with Gasteiger partial charge in [-0.25, -0.2) is 0 Å². The lowest BCUT2D eigenvalue weighted by atomic mass is 10.0. The molecule has 0 aromatic heterocycles. The van der Waals surface area contributed by atoms with E-state index in [9.17, 15) is 9.59 Å². The number of amides is 2. The average molecular weight is 319 g/mol. The van der Waals surface area contributed by atoms with Gasteiger partial charge in [-0.1, -0.05) is 12.1 Å². The molecule has 1 aliphatic carbocycles. The number of carbonyl (C=O) groups excluding carboxylic acids is 2. The molecule has 2 N–H and O–H groups in total. The summed E-state index contributed by atoms with van der Waals surface area (Å²) in [5, 5.41) is 14.4. The highest BCUT2D eigenvalue weighted by Gasteiger charge is 2.56. The molecule has 0 heterocycles. The number of benzene rings is 2. The van der Waals surface area contributed by atoms with E-state index in [0.717, 1.165) is 5.56 Å². The first-order valence-electron chi connectivity index (χ1n) is 7.73. The number of nitrogens with one attached hydrogen (secondary N) is 2. The van der Waals surface area contributed by atoms with Gasteiger partial charge in [0.05, 0.1) is 11.6 Å². The predicted octanol–water partition coefficient (Wildman–Crippen LogP) is 3.22. The highest BCUT2D eigenvalue weighted by molar-refractivity contribution is 6.16. The summed E-state index contributed by atoms with van der Waals surface area (Å²) in [4.78, 5) is 25.0. The molecule has 2 aromatic carbocycles. The monoisotopic (exact) mass is 319 g/mol. The van der Waals surface area contributed by atoms with E-state index in [2.05, 4.69) is 10.6 Å². The smallest absolute Gasteiger partial charge is 0.240 e. The van der Waals surface area contributed by atoms with Crippen LogP contribution in [0.4, 0.5) is 11.4 Å². The maximum Gasteiger partial charge on any atom is 0.240 e. The van der Waals surface area contributed by atoms with Crippen molar-refractivity contribution in [3.05, 3.63) is 59.7 Å². The molecular weight excluding hydrogens is 302 g/mol. The maximum absolute atomic E-state index is 12.5. The van der Waals surface area contributed by atoms with Crippen LogP contribution < -0.4 is 10.6 Å². The molecule has 1 saturated carbocycles. The van der Waals surface area contributed by atoms with Crippen molar-refractivity contribution in [2.75, 3.05) is 10.6 Å². The molecule has 0 atom stereocenters. The Morgan fingerprint density at radius 1 is 1.00 bits per heavy atom. The van der Waals surface area contributed by atoms with Crippen LogP contribution in [-0.4, -0.2) is 11.8 Å². The quantitative estimate of drug-likeness (QED) is 0.849. The first kappa shape index (κ1) is 15.8. The number of carbonyl (C=O) groups is 2. The minimum absolute atomic E-state index is 0.278. The Balaban J connectivity index is 1.69. The van der Waals surface area contributed by atoms with Gasteiger partial charge in [-0.05, 0) is 61.7 Å². The third-order valence-electron chi connectivity index (χ3n) is 4.17. The van der Waals surface area contributed by atoms with Crippen LogP contribution >= 0.6 is 0 Å². The molecule has 3 rings (SSSR count). The molecular formula is C19H17N3O2. The zero-order valence-corrected chi connectivity index (χ0v) is 13.3. The lowest BCUT2D eigenvalue weighted by Gasteiger charge is -2.15. The van der Waals surface area contributed by atoms with Gasteiger partial charge in [0.1, 0.15) is 5.41 Å². The van der Waals surface area contributed by atoms with Gasteiger partial charge >= 0.3 is 0 Å². The summed E-state index contributed by atoms with van der Waals surface area (Å²) >= 11 is 0. The third-order valence-corrected chi connectivity index (χ3v) is 4.17. The number of hydrogen-bond acceptors (Lipinski definition) is 3. The van der Waals surface area contributed by atoms with Gasteiger partial charge in [0.15, 0.2) is 0 Å². The predicted molar refractivity (Wildman–Crippen MR) is 91.3 cm³/mol. The third kappa shape index (κ3) is 3.13. The van der Waals surface area contributed by atoms with Crippen molar-refractivity contribution < 1.29 is 9.59 Å². The highest BCUT2D eigenvalue weighted by atomic mass is 16.2. The molecule has 0 unspecified atom stereocenters. The van der Waals surface area contributed by atoms with Crippen molar-refractivity contribution in [3.8, 4) is 6.07 Å². The van der Waals surface area contributed by atoms with Crippen LogP contribution in [-0.2, 0) is 9.59 Å². The van der Waals surface area contributed by atoms with Gasteiger partial charge in [-0.3, -0.25) is 9.59 Å². The molecule has 0 spiro atoms. The molecule has 5 heteroatoms. The highest BCUT2D eigenvalue weighted by Crippen LogP contribution is 2.47. The van der Waals surface area contributed by atoms with Crippen LogP contribution in [0.3, 0.4) is 0 Å². The van der Waals surface area contributed by atoms with E-state index in [4.69, 9.17) is 5.26 Å². The van der Waals surface area contributed by atoms with Crippen LogP contribution in [0.2, 0.25) is 0 Å². The van der Waals surface area contributed by atoms with Crippen molar-refractivity contribution in [1.29, 1.82) is 5.26 Å². The Labute approximate surface area is 140 Å². The Morgan fingerprint density at radius 3 is 2.17 bits per heavy atom. The molecule has 2 aromatic rings. The van der Waals surface area contributed by atoms with Gasteiger partial charge < -0.3 is 10.6 Å². The molecule has 0 aliphatic heterocycles. The van der Waals surface area contributed by atoms with Crippen molar-refractivity contribution in [3.63, 3.8) is 0 Å². The van der Waals surface area contributed by atoms with E-state index in [1.54, 1.807) is 30.3 Å². The lowest BCUT2D eigenvalue weighted by molar-refractivity contribution is -0.131. The lowest BCUT2D eigenvalue weighted by Crippen LogP contribution is -2.35. The van der Waals surface area contributed by atoms with E-state index in [-0.39, 0.29) is 11.8 Å². The van der Waals surface area contributed by atoms with Crippen LogP contribution in [0.5, 0.6) is 0 Å². The zero-order chi connectivity index (χ0) is 17.2. The summed E-state index contributed by atoms with van der Waals surface area (Å²) in [5.74, 6) is -0.586. The van der Waals surface area contributed by atoms with Crippen LogP contribution in [0, 0.1) is 23.7 Å². The number of aryl methyl sites for hydroxylation is 1. The van der Waals surface area contributed by atoms with Crippen LogP contribution in [0.15, 0.2) is 48.5 Å². The number of anilines is 2. The zero-order valence-electron chi connectivity index (χ0n) is 13.3. The fourth-order valence-corrected chi connectivity index (χ4v) is 2.53. The van der Waals surface area contributed by atoms with E-state index < -0.39 is 5.41 Å². The second-order valence-corrected chi connectivity index (χ2v) is 6.05. The summed E-state index contributed by atoms with van der Waals surface area (Å²) in [5.41, 5.74) is 1.83. The molecule has 2 amide bonds. The summed E-state index contributed by atoms with van der Waals surface area (Å²) in [6.07, 6.45) is 1.07. The Kier molecular flexibility index (Phi) is 4.05. The second kappa shape index (κ2) is 6.17. The van der Waals surface area contributed by atoms with Gasteiger partial charge in [0.2, 0.25) is 11.8 Å². The summed E-state index contributed by atoms with van der Waals surface area (Å²) in [6, 6.07) is 16.1. The van der Waals surface area contributed by atoms with E-state index in [1.165, 1.54) is 0 Å². The largest absolute Gasteiger partial charge is 0.325 e. The molecule has 24 heavy (non-hydrogen) atoms. The number of nitriles is 1. The minimum Gasteiger partial charge on any atom is -0.325 e. The maximum atomic E-state index is 12.5. The average Bonchev–Trinajstić information content (AvgIpc) is 3.37. The Hall–Kier alpha value is -3.13. The van der Waals surface area contributed by atoms with Crippen molar-refractivity contribution in [1.82, 2.24) is 0 Å². The molecule has 1 fully saturated rings. The molecule has 0 radical (unpaired) electrons. The second-order valence-electron chi connectivity index (χ2n) is 6.05. The molecule has 120 valence electrons. The number of nitrogens with zero attached hydrogens (tertiary/aromatic N) is 1. The molecule has 0 bridgehead atoms.